The van der Waals surface area contributed by atoms with Gasteiger partial charge in [0, 0.05) is 25.8 Å². The Morgan fingerprint density at radius 1 is 0.895 bits per heavy atom. The van der Waals surface area contributed by atoms with Crippen LogP contribution in [0, 0.1) is 5.92 Å². The number of unbranched alkanes of at least 4 members (excludes halogenated alkanes) is 1. The van der Waals surface area contributed by atoms with Crippen LogP contribution in [0.15, 0.2) is 30.3 Å². The van der Waals surface area contributed by atoms with Gasteiger partial charge in [-0.1, -0.05) is 44.2 Å². The van der Waals surface area contributed by atoms with Crippen LogP contribution in [0.25, 0.3) is 0 Å². The zero-order chi connectivity index (χ0) is 28.5. The lowest BCUT2D eigenvalue weighted by molar-refractivity contribution is -0.131. The number of hydrogen-bond donors (Lipinski definition) is 5. The second kappa shape index (κ2) is 18.4. The van der Waals surface area contributed by atoms with E-state index >= 15 is 0 Å². The van der Waals surface area contributed by atoms with Gasteiger partial charge >= 0.3 is 0 Å². The lowest BCUT2D eigenvalue weighted by atomic mass is 9.98. The van der Waals surface area contributed by atoms with Crippen molar-refractivity contribution >= 4 is 41.2 Å². The number of Topliss-reactive ketones (excluding diaryl/α,β-unsaturated/α-hetero) is 1. The number of thioether (sulfide) groups is 1. The lowest BCUT2D eigenvalue weighted by Crippen LogP contribution is -2.52. The molecular weight excluding hydrogens is 506 g/mol. The fraction of sp³-hybridized carbons (Fsp3) is 0.593. The molecule has 1 aromatic rings. The van der Waals surface area contributed by atoms with Gasteiger partial charge in [-0.05, 0) is 43.3 Å². The molecule has 6 N–H and O–H groups in total. The summed E-state index contributed by atoms with van der Waals surface area (Å²) in [7, 11) is 0. The first-order chi connectivity index (χ1) is 18.0. The second-order valence-electron chi connectivity index (χ2n) is 9.51. The SMILES string of the molecule is CSCCC(NC(C)=O)C(=O)NCC(=O)NC(Cc1ccccc1)C(=O)NCCCCC(N)C(=O)C(C)C. The van der Waals surface area contributed by atoms with Crippen molar-refractivity contribution in [2.24, 2.45) is 11.7 Å². The molecular formula is C27H43N5O5S. The fourth-order valence-electron chi connectivity index (χ4n) is 3.74. The summed E-state index contributed by atoms with van der Waals surface area (Å²) in [5, 5.41) is 10.7. The maximum Gasteiger partial charge on any atom is 0.243 e. The van der Waals surface area contributed by atoms with E-state index < -0.39 is 29.9 Å². The number of nitrogens with two attached hydrogens (primary N) is 1. The van der Waals surface area contributed by atoms with E-state index in [1.165, 1.54) is 6.92 Å². The molecule has 1 rings (SSSR count). The number of carbonyl (C=O) groups is 5. The average Bonchev–Trinajstić information content (AvgIpc) is 2.88. The number of ketones is 1. The van der Waals surface area contributed by atoms with E-state index in [9.17, 15) is 24.0 Å². The molecule has 4 amide bonds. The summed E-state index contributed by atoms with van der Waals surface area (Å²) in [6.07, 6.45) is 4.50. The number of nitrogens with one attached hydrogen (secondary N) is 4. The van der Waals surface area contributed by atoms with Crippen LogP contribution in [0.2, 0.25) is 0 Å². The Labute approximate surface area is 230 Å². The maximum atomic E-state index is 12.9. The Morgan fingerprint density at radius 2 is 1.55 bits per heavy atom. The number of rotatable bonds is 18. The van der Waals surface area contributed by atoms with E-state index in [2.05, 4.69) is 21.3 Å². The summed E-state index contributed by atoms with van der Waals surface area (Å²) < 4.78 is 0. The largest absolute Gasteiger partial charge is 0.354 e. The molecule has 0 aliphatic rings. The summed E-state index contributed by atoms with van der Waals surface area (Å²) in [4.78, 5) is 61.4. The van der Waals surface area contributed by atoms with Gasteiger partial charge in [0.05, 0.1) is 12.6 Å². The summed E-state index contributed by atoms with van der Waals surface area (Å²) in [5.41, 5.74) is 6.80. The van der Waals surface area contributed by atoms with Crippen LogP contribution in [0.1, 0.15) is 52.0 Å². The van der Waals surface area contributed by atoms with Crippen molar-refractivity contribution in [3.05, 3.63) is 35.9 Å². The molecule has 10 nitrogen and oxygen atoms in total. The topological polar surface area (TPSA) is 159 Å². The molecule has 38 heavy (non-hydrogen) atoms. The molecule has 0 spiro atoms. The van der Waals surface area contributed by atoms with Crippen LogP contribution in [-0.4, -0.2) is 72.6 Å². The van der Waals surface area contributed by atoms with Crippen LogP contribution in [-0.2, 0) is 30.4 Å². The third-order valence-corrected chi connectivity index (χ3v) is 6.48. The third-order valence-electron chi connectivity index (χ3n) is 5.84. The van der Waals surface area contributed by atoms with Gasteiger partial charge in [-0.3, -0.25) is 24.0 Å². The lowest BCUT2D eigenvalue weighted by Gasteiger charge is -2.20. The van der Waals surface area contributed by atoms with Gasteiger partial charge in [-0.15, -0.1) is 0 Å². The van der Waals surface area contributed by atoms with E-state index in [4.69, 9.17) is 5.73 Å². The highest BCUT2D eigenvalue weighted by Crippen LogP contribution is 2.07. The van der Waals surface area contributed by atoms with Crippen molar-refractivity contribution in [2.75, 3.05) is 25.1 Å². The van der Waals surface area contributed by atoms with Gasteiger partial charge in [0.15, 0.2) is 5.78 Å². The molecule has 0 aliphatic heterocycles. The molecule has 212 valence electrons. The molecule has 1 aromatic carbocycles. The van der Waals surface area contributed by atoms with Crippen molar-refractivity contribution in [2.45, 2.75) is 71.0 Å². The molecule has 0 fully saturated rings. The predicted octanol–water partition coefficient (Wildman–Crippen LogP) is 0.927. The normalized spacial score (nSPS) is 13.2. The molecule has 0 bridgehead atoms. The average molecular weight is 550 g/mol. The summed E-state index contributed by atoms with van der Waals surface area (Å²) in [6, 6.07) is 7.22. The van der Waals surface area contributed by atoms with Crippen molar-refractivity contribution in [1.82, 2.24) is 21.3 Å². The van der Waals surface area contributed by atoms with Crippen LogP contribution >= 0.6 is 11.8 Å². The molecule has 0 aliphatic carbocycles. The molecule has 0 radical (unpaired) electrons. The minimum absolute atomic E-state index is 0.0272. The quantitative estimate of drug-likeness (QED) is 0.170. The zero-order valence-electron chi connectivity index (χ0n) is 22.9. The highest BCUT2D eigenvalue weighted by atomic mass is 32.2. The van der Waals surface area contributed by atoms with Crippen LogP contribution < -0.4 is 27.0 Å². The van der Waals surface area contributed by atoms with E-state index in [1.807, 2.05) is 50.4 Å². The summed E-state index contributed by atoms with van der Waals surface area (Å²) in [6.45, 7) is 5.03. The Kier molecular flexibility index (Phi) is 16.0. The Hall–Kier alpha value is -2.92. The standard InChI is InChI=1S/C27H43N5O5S/c1-18(2)25(35)21(28)12-8-9-14-29-27(37)23(16-20-10-6-5-7-11-20)32-24(34)17-30-26(36)22(13-15-38-4)31-19(3)33/h5-7,10-11,18,21-23H,8-9,12-17,28H2,1-4H3,(H,29,37)(H,30,36)(H,31,33)(H,32,34). The summed E-state index contributed by atoms with van der Waals surface area (Å²) in [5.74, 6) is -1.05. The number of benzene rings is 1. The minimum atomic E-state index is -0.839. The van der Waals surface area contributed by atoms with Gasteiger partial charge in [-0.2, -0.15) is 11.8 Å². The fourth-order valence-corrected chi connectivity index (χ4v) is 4.21. The van der Waals surface area contributed by atoms with Gasteiger partial charge in [0.25, 0.3) is 0 Å². The van der Waals surface area contributed by atoms with E-state index in [0.29, 0.717) is 38.0 Å². The van der Waals surface area contributed by atoms with Crippen LogP contribution in [0.4, 0.5) is 0 Å². The van der Waals surface area contributed by atoms with E-state index in [-0.39, 0.29) is 36.5 Å². The molecule has 3 unspecified atom stereocenters. The third kappa shape index (κ3) is 13.6. The monoisotopic (exact) mass is 549 g/mol. The zero-order valence-corrected chi connectivity index (χ0v) is 23.7. The molecule has 0 heterocycles. The van der Waals surface area contributed by atoms with Crippen molar-refractivity contribution in [3.8, 4) is 0 Å². The molecule has 11 heteroatoms. The second-order valence-corrected chi connectivity index (χ2v) is 10.5. The Bertz CT molecular complexity index is 912. The highest BCUT2D eigenvalue weighted by Gasteiger charge is 2.23. The molecule has 0 saturated heterocycles. The number of carbonyl (C=O) groups excluding carboxylic acids is 5. The Morgan fingerprint density at radius 3 is 2.16 bits per heavy atom. The Balaban J connectivity index is 2.65. The number of hydrogen-bond acceptors (Lipinski definition) is 7. The van der Waals surface area contributed by atoms with Gasteiger partial charge in [0.2, 0.25) is 23.6 Å². The first-order valence-electron chi connectivity index (χ1n) is 13.0. The van der Waals surface area contributed by atoms with Crippen LogP contribution in [0.3, 0.4) is 0 Å². The van der Waals surface area contributed by atoms with E-state index in [1.54, 1.807) is 11.8 Å². The first kappa shape index (κ1) is 33.1. The molecule has 0 saturated carbocycles. The predicted molar refractivity (Wildman–Crippen MR) is 150 cm³/mol. The maximum absolute atomic E-state index is 12.9. The molecule has 0 aromatic heterocycles. The van der Waals surface area contributed by atoms with E-state index in [0.717, 1.165) is 5.56 Å². The van der Waals surface area contributed by atoms with Gasteiger partial charge in [-0.25, -0.2) is 0 Å². The van der Waals surface area contributed by atoms with Crippen molar-refractivity contribution in [3.63, 3.8) is 0 Å². The van der Waals surface area contributed by atoms with Crippen molar-refractivity contribution in [1.29, 1.82) is 0 Å². The highest BCUT2D eigenvalue weighted by molar-refractivity contribution is 7.98. The number of amides is 4. The minimum Gasteiger partial charge on any atom is -0.354 e. The smallest absolute Gasteiger partial charge is 0.243 e. The first-order valence-corrected chi connectivity index (χ1v) is 14.4. The van der Waals surface area contributed by atoms with Crippen molar-refractivity contribution < 1.29 is 24.0 Å². The molecule has 3 atom stereocenters. The summed E-state index contributed by atoms with van der Waals surface area (Å²) >= 11 is 1.55. The van der Waals surface area contributed by atoms with Gasteiger partial charge < -0.3 is 27.0 Å². The van der Waals surface area contributed by atoms with Gasteiger partial charge in [0.1, 0.15) is 12.1 Å². The van der Waals surface area contributed by atoms with Crippen LogP contribution in [0.5, 0.6) is 0 Å².